The Morgan fingerprint density at radius 1 is 0.810 bits per heavy atom. The highest BCUT2D eigenvalue weighted by atomic mass is 16.3. The molecule has 2 nitrogen and oxygen atoms in total. The molecule has 0 unspecified atom stereocenters. The number of pyridine rings is 1. The first-order chi connectivity index (χ1) is 10.3. The van der Waals surface area contributed by atoms with Crippen molar-refractivity contribution < 1.29 is 5.11 Å². The zero-order valence-electron chi connectivity index (χ0n) is 11.3. The minimum absolute atomic E-state index is 0.274. The Labute approximate surface area is 122 Å². The van der Waals surface area contributed by atoms with Gasteiger partial charge in [-0.2, -0.15) is 0 Å². The van der Waals surface area contributed by atoms with Gasteiger partial charge in [0.25, 0.3) is 0 Å². The summed E-state index contributed by atoms with van der Waals surface area (Å²) in [5, 5.41) is 13.1. The van der Waals surface area contributed by atoms with E-state index in [2.05, 4.69) is 29.2 Å². The Balaban J connectivity index is 2.21. The van der Waals surface area contributed by atoms with Crippen molar-refractivity contribution in [1.82, 2.24) is 4.98 Å². The summed E-state index contributed by atoms with van der Waals surface area (Å²) < 4.78 is 0. The second-order valence-electron chi connectivity index (χ2n) is 5.06. The number of aromatic nitrogens is 1. The lowest BCUT2D eigenvalue weighted by atomic mass is 9.95. The van der Waals surface area contributed by atoms with Crippen molar-refractivity contribution in [3.05, 3.63) is 72.9 Å². The van der Waals surface area contributed by atoms with Crippen LogP contribution in [0.5, 0.6) is 5.75 Å². The maximum absolute atomic E-state index is 10.2. The molecule has 0 saturated heterocycles. The van der Waals surface area contributed by atoms with E-state index in [9.17, 15) is 5.11 Å². The van der Waals surface area contributed by atoms with Crippen LogP contribution in [0.15, 0.2) is 72.9 Å². The average Bonchev–Trinajstić information content (AvgIpc) is 2.55. The maximum Gasteiger partial charge on any atom is 0.125 e. The molecule has 0 spiro atoms. The maximum atomic E-state index is 10.2. The normalized spacial score (nSPS) is 11.0. The van der Waals surface area contributed by atoms with Gasteiger partial charge in [0.1, 0.15) is 5.75 Å². The van der Waals surface area contributed by atoms with Crippen LogP contribution < -0.4 is 0 Å². The van der Waals surface area contributed by atoms with Crippen LogP contribution in [0.2, 0.25) is 0 Å². The van der Waals surface area contributed by atoms with Crippen LogP contribution >= 0.6 is 0 Å². The summed E-state index contributed by atoms with van der Waals surface area (Å²) >= 11 is 0. The summed E-state index contributed by atoms with van der Waals surface area (Å²) in [5.74, 6) is 0.274. The van der Waals surface area contributed by atoms with Crippen LogP contribution in [0.4, 0.5) is 0 Å². The standard InChI is InChI=1S/C19H13NO/c21-17-10-4-8-14-12-16(13-6-2-1-3-7-13)15-9-5-11-20-19(15)18(14)17/h1-12,21H. The molecule has 0 fully saturated rings. The van der Waals surface area contributed by atoms with Gasteiger partial charge in [0.15, 0.2) is 0 Å². The van der Waals surface area contributed by atoms with E-state index in [4.69, 9.17) is 0 Å². The summed E-state index contributed by atoms with van der Waals surface area (Å²) in [6.45, 7) is 0. The molecule has 0 atom stereocenters. The summed E-state index contributed by atoms with van der Waals surface area (Å²) in [4.78, 5) is 4.50. The molecule has 4 aromatic rings. The Morgan fingerprint density at radius 2 is 1.67 bits per heavy atom. The predicted octanol–water partition coefficient (Wildman–Crippen LogP) is 4.76. The van der Waals surface area contributed by atoms with Gasteiger partial charge in [0.2, 0.25) is 0 Å². The molecule has 0 aliphatic heterocycles. The van der Waals surface area contributed by atoms with Gasteiger partial charge in [-0.15, -0.1) is 0 Å². The second kappa shape index (κ2) is 4.60. The molecule has 21 heavy (non-hydrogen) atoms. The van der Waals surface area contributed by atoms with Gasteiger partial charge in [-0.3, -0.25) is 4.98 Å². The first-order valence-corrected chi connectivity index (χ1v) is 6.89. The Morgan fingerprint density at radius 3 is 2.52 bits per heavy atom. The molecule has 0 aliphatic carbocycles. The molecule has 2 heteroatoms. The molecular formula is C19H13NO. The van der Waals surface area contributed by atoms with Gasteiger partial charge in [-0.05, 0) is 34.7 Å². The number of phenolic OH excluding ortho intramolecular Hbond substituents is 1. The fourth-order valence-corrected chi connectivity index (χ4v) is 2.85. The van der Waals surface area contributed by atoms with Crippen LogP contribution in [0.1, 0.15) is 0 Å². The fourth-order valence-electron chi connectivity index (χ4n) is 2.85. The van der Waals surface area contributed by atoms with Crippen LogP contribution in [-0.2, 0) is 0 Å². The fraction of sp³-hybridized carbons (Fsp3) is 0. The lowest BCUT2D eigenvalue weighted by Gasteiger charge is -2.11. The van der Waals surface area contributed by atoms with Crippen LogP contribution in [0, 0.1) is 0 Å². The van der Waals surface area contributed by atoms with Gasteiger partial charge < -0.3 is 5.11 Å². The van der Waals surface area contributed by atoms with Crippen molar-refractivity contribution in [2.45, 2.75) is 0 Å². The van der Waals surface area contributed by atoms with Gasteiger partial charge >= 0.3 is 0 Å². The average molecular weight is 271 g/mol. The second-order valence-corrected chi connectivity index (χ2v) is 5.06. The van der Waals surface area contributed by atoms with Crippen molar-refractivity contribution in [2.24, 2.45) is 0 Å². The highest BCUT2D eigenvalue weighted by Crippen LogP contribution is 2.37. The van der Waals surface area contributed by atoms with E-state index in [1.165, 1.54) is 0 Å². The van der Waals surface area contributed by atoms with Gasteiger partial charge in [-0.25, -0.2) is 0 Å². The van der Waals surface area contributed by atoms with E-state index in [1.54, 1.807) is 12.3 Å². The summed E-state index contributed by atoms with van der Waals surface area (Å²) in [7, 11) is 0. The third-order valence-corrected chi connectivity index (χ3v) is 3.79. The zero-order chi connectivity index (χ0) is 14.2. The number of aromatic hydroxyl groups is 1. The Kier molecular flexibility index (Phi) is 2.61. The van der Waals surface area contributed by atoms with E-state index in [-0.39, 0.29) is 5.75 Å². The lowest BCUT2D eigenvalue weighted by molar-refractivity contribution is 0.482. The lowest BCUT2D eigenvalue weighted by Crippen LogP contribution is -1.87. The molecule has 1 N–H and O–H groups in total. The number of nitrogens with zero attached hydrogens (tertiary/aromatic N) is 1. The SMILES string of the molecule is Oc1cccc2cc(-c3ccccc3)c3cccnc3c12. The number of hydrogen-bond donors (Lipinski definition) is 1. The van der Waals surface area contributed by atoms with Crippen molar-refractivity contribution in [1.29, 1.82) is 0 Å². The zero-order valence-corrected chi connectivity index (χ0v) is 11.3. The number of phenols is 1. The monoisotopic (exact) mass is 271 g/mol. The number of benzene rings is 3. The van der Waals surface area contributed by atoms with E-state index < -0.39 is 0 Å². The molecule has 1 heterocycles. The molecule has 0 amide bonds. The Bertz CT molecular complexity index is 945. The highest BCUT2D eigenvalue weighted by Gasteiger charge is 2.11. The smallest absolute Gasteiger partial charge is 0.125 e. The van der Waals surface area contributed by atoms with Crippen LogP contribution in [-0.4, -0.2) is 10.1 Å². The van der Waals surface area contributed by atoms with Gasteiger partial charge in [-0.1, -0.05) is 48.5 Å². The minimum Gasteiger partial charge on any atom is -0.507 e. The van der Waals surface area contributed by atoms with E-state index in [0.717, 1.165) is 32.8 Å². The van der Waals surface area contributed by atoms with Gasteiger partial charge in [0.05, 0.1) is 5.52 Å². The largest absolute Gasteiger partial charge is 0.507 e. The van der Waals surface area contributed by atoms with Gasteiger partial charge in [0, 0.05) is 17.0 Å². The van der Waals surface area contributed by atoms with Crippen molar-refractivity contribution in [2.75, 3.05) is 0 Å². The number of fused-ring (bicyclic) bond motifs is 3. The molecule has 0 saturated carbocycles. The first-order valence-electron chi connectivity index (χ1n) is 6.89. The summed E-state index contributed by atoms with van der Waals surface area (Å²) in [5.41, 5.74) is 3.13. The number of rotatable bonds is 1. The molecular weight excluding hydrogens is 258 g/mol. The molecule has 1 aromatic heterocycles. The van der Waals surface area contributed by atoms with E-state index in [1.807, 2.05) is 36.4 Å². The third kappa shape index (κ3) is 1.84. The van der Waals surface area contributed by atoms with Crippen molar-refractivity contribution in [3.63, 3.8) is 0 Å². The van der Waals surface area contributed by atoms with Crippen LogP contribution in [0.25, 0.3) is 32.8 Å². The summed E-state index contributed by atoms with van der Waals surface area (Å²) in [6, 6.07) is 21.9. The minimum atomic E-state index is 0.274. The van der Waals surface area contributed by atoms with Crippen molar-refractivity contribution >= 4 is 21.7 Å². The van der Waals surface area contributed by atoms with E-state index >= 15 is 0 Å². The third-order valence-electron chi connectivity index (χ3n) is 3.79. The quantitative estimate of drug-likeness (QED) is 0.506. The first kappa shape index (κ1) is 11.9. The molecule has 0 radical (unpaired) electrons. The molecule has 4 rings (SSSR count). The Hall–Kier alpha value is -2.87. The van der Waals surface area contributed by atoms with Crippen molar-refractivity contribution in [3.8, 4) is 16.9 Å². The molecule has 100 valence electrons. The van der Waals surface area contributed by atoms with Crippen LogP contribution in [0.3, 0.4) is 0 Å². The predicted molar refractivity (Wildman–Crippen MR) is 86.3 cm³/mol. The molecule has 3 aromatic carbocycles. The van der Waals surface area contributed by atoms with E-state index in [0.29, 0.717) is 0 Å². The highest BCUT2D eigenvalue weighted by molar-refractivity contribution is 6.14. The molecule has 0 aliphatic rings. The number of hydrogen-bond acceptors (Lipinski definition) is 2. The molecule has 0 bridgehead atoms. The topological polar surface area (TPSA) is 33.1 Å². The summed E-state index contributed by atoms with van der Waals surface area (Å²) in [6.07, 6.45) is 1.77.